The standard InChI is InChI=1S/C17H20ClN3O2/c18-15-5-3-14(4-6-15)13-20-7-9-21(10-8-20)17(22)19-12-16-2-1-11-23-16/h1-6,11H,7-10,12-13H2,(H,19,22). The summed E-state index contributed by atoms with van der Waals surface area (Å²) in [6, 6.07) is 11.5. The first kappa shape index (κ1) is 15.9. The molecule has 23 heavy (non-hydrogen) atoms. The van der Waals surface area contributed by atoms with Crippen molar-refractivity contribution in [3.63, 3.8) is 0 Å². The number of piperazine rings is 1. The van der Waals surface area contributed by atoms with Crippen LogP contribution >= 0.6 is 11.6 Å². The van der Waals surface area contributed by atoms with Crippen molar-refractivity contribution in [3.05, 3.63) is 59.0 Å². The molecule has 2 amide bonds. The van der Waals surface area contributed by atoms with Crippen LogP contribution in [0.25, 0.3) is 0 Å². The monoisotopic (exact) mass is 333 g/mol. The van der Waals surface area contributed by atoms with E-state index in [1.807, 2.05) is 41.3 Å². The van der Waals surface area contributed by atoms with Crippen LogP contribution in [-0.2, 0) is 13.1 Å². The van der Waals surface area contributed by atoms with Crippen LogP contribution < -0.4 is 5.32 Å². The van der Waals surface area contributed by atoms with Crippen LogP contribution in [0.2, 0.25) is 5.02 Å². The van der Waals surface area contributed by atoms with Crippen molar-refractivity contribution in [1.82, 2.24) is 15.1 Å². The summed E-state index contributed by atoms with van der Waals surface area (Å²) < 4.78 is 5.21. The van der Waals surface area contributed by atoms with E-state index in [2.05, 4.69) is 10.2 Å². The Hall–Kier alpha value is -1.98. The number of carbonyl (C=O) groups excluding carboxylic acids is 1. The first-order chi connectivity index (χ1) is 11.2. The molecule has 1 aliphatic heterocycles. The zero-order chi connectivity index (χ0) is 16.1. The maximum Gasteiger partial charge on any atom is 0.317 e. The molecule has 1 aromatic carbocycles. The molecule has 1 aromatic heterocycles. The molecule has 5 nitrogen and oxygen atoms in total. The number of hydrogen-bond acceptors (Lipinski definition) is 3. The molecule has 1 aliphatic rings. The lowest BCUT2D eigenvalue weighted by atomic mass is 10.2. The van der Waals surface area contributed by atoms with Crippen molar-refractivity contribution in [2.45, 2.75) is 13.1 Å². The van der Waals surface area contributed by atoms with Crippen molar-refractivity contribution >= 4 is 17.6 Å². The minimum absolute atomic E-state index is 0.0347. The Kier molecular flexibility index (Phi) is 5.20. The summed E-state index contributed by atoms with van der Waals surface area (Å²) in [6.45, 7) is 4.53. The second-order valence-electron chi connectivity index (χ2n) is 5.63. The quantitative estimate of drug-likeness (QED) is 0.935. The number of nitrogens with one attached hydrogen (secondary N) is 1. The van der Waals surface area contributed by atoms with E-state index < -0.39 is 0 Å². The highest BCUT2D eigenvalue weighted by molar-refractivity contribution is 6.30. The van der Waals surface area contributed by atoms with Gasteiger partial charge in [-0.05, 0) is 29.8 Å². The van der Waals surface area contributed by atoms with Crippen LogP contribution in [0.15, 0.2) is 47.1 Å². The number of rotatable bonds is 4. The number of furan rings is 1. The lowest BCUT2D eigenvalue weighted by Gasteiger charge is -2.34. The zero-order valence-electron chi connectivity index (χ0n) is 12.9. The van der Waals surface area contributed by atoms with E-state index in [1.165, 1.54) is 5.56 Å². The third-order valence-electron chi connectivity index (χ3n) is 3.97. The molecule has 0 spiro atoms. The van der Waals surface area contributed by atoms with E-state index in [1.54, 1.807) is 6.26 Å². The average molecular weight is 334 g/mol. The number of nitrogens with zero attached hydrogens (tertiary/aromatic N) is 2. The molecule has 0 saturated carbocycles. The van der Waals surface area contributed by atoms with E-state index in [0.29, 0.717) is 6.54 Å². The predicted octanol–water partition coefficient (Wildman–Crippen LogP) is 2.96. The summed E-state index contributed by atoms with van der Waals surface area (Å²) in [5, 5.41) is 3.64. The molecule has 1 saturated heterocycles. The van der Waals surface area contributed by atoms with Gasteiger partial charge in [0.05, 0.1) is 12.8 Å². The van der Waals surface area contributed by atoms with Crippen molar-refractivity contribution in [2.75, 3.05) is 26.2 Å². The fraction of sp³-hybridized carbons (Fsp3) is 0.353. The molecule has 122 valence electrons. The van der Waals surface area contributed by atoms with Gasteiger partial charge in [0.15, 0.2) is 0 Å². The summed E-state index contributed by atoms with van der Waals surface area (Å²) in [6.07, 6.45) is 1.61. The zero-order valence-corrected chi connectivity index (χ0v) is 13.6. The lowest BCUT2D eigenvalue weighted by Crippen LogP contribution is -2.51. The van der Waals surface area contributed by atoms with Crippen molar-refractivity contribution in [1.29, 1.82) is 0 Å². The molecule has 2 aromatic rings. The molecule has 0 bridgehead atoms. The van der Waals surface area contributed by atoms with Gasteiger partial charge in [-0.25, -0.2) is 4.79 Å². The van der Waals surface area contributed by atoms with Gasteiger partial charge in [0.25, 0.3) is 0 Å². The second kappa shape index (κ2) is 7.53. The first-order valence-electron chi connectivity index (χ1n) is 7.73. The minimum atomic E-state index is -0.0347. The van der Waals surface area contributed by atoms with Gasteiger partial charge in [-0.2, -0.15) is 0 Å². The van der Waals surface area contributed by atoms with E-state index in [4.69, 9.17) is 16.0 Å². The van der Waals surface area contributed by atoms with Crippen molar-refractivity contribution in [2.24, 2.45) is 0 Å². The molecular formula is C17H20ClN3O2. The summed E-state index contributed by atoms with van der Waals surface area (Å²) in [4.78, 5) is 16.3. The summed E-state index contributed by atoms with van der Waals surface area (Å²) in [5.41, 5.74) is 1.24. The molecule has 2 heterocycles. The maximum atomic E-state index is 12.1. The van der Waals surface area contributed by atoms with E-state index in [-0.39, 0.29) is 6.03 Å². The van der Waals surface area contributed by atoms with Gasteiger partial charge < -0.3 is 14.6 Å². The maximum absolute atomic E-state index is 12.1. The van der Waals surface area contributed by atoms with Gasteiger partial charge in [0.2, 0.25) is 0 Å². The van der Waals surface area contributed by atoms with Crippen LogP contribution in [0.4, 0.5) is 4.79 Å². The van der Waals surface area contributed by atoms with Crippen LogP contribution in [0.1, 0.15) is 11.3 Å². The summed E-state index contributed by atoms with van der Waals surface area (Å²) in [7, 11) is 0. The molecule has 0 aliphatic carbocycles. The van der Waals surface area contributed by atoms with E-state index >= 15 is 0 Å². The van der Waals surface area contributed by atoms with Gasteiger partial charge in [0.1, 0.15) is 5.76 Å². The number of urea groups is 1. The Morgan fingerprint density at radius 3 is 2.52 bits per heavy atom. The normalized spacial score (nSPS) is 15.6. The highest BCUT2D eigenvalue weighted by Gasteiger charge is 2.21. The van der Waals surface area contributed by atoms with Crippen LogP contribution in [0.5, 0.6) is 0 Å². The molecule has 1 fully saturated rings. The fourth-order valence-electron chi connectivity index (χ4n) is 2.64. The average Bonchev–Trinajstić information content (AvgIpc) is 3.09. The fourth-order valence-corrected chi connectivity index (χ4v) is 2.77. The van der Waals surface area contributed by atoms with Gasteiger partial charge in [-0.15, -0.1) is 0 Å². The Labute approximate surface area is 140 Å². The number of halogens is 1. The van der Waals surface area contributed by atoms with Crippen LogP contribution in [0.3, 0.4) is 0 Å². The van der Waals surface area contributed by atoms with Crippen molar-refractivity contribution < 1.29 is 9.21 Å². The lowest BCUT2D eigenvalue weighted by molar-refractivity contribution is 0.134. The number of benzene rings is 1. The molecule has 0 atom stereocenters. The molecule has 6 heteroatoms. The predicted molar refractivity (Wildman–Crippen MR) is 89.2 cm³/mol. The Morgan fingerprint density at radius 1 is 1.13 bits per heavy atom. The Bertz CT molecular complexity index is 620. The van der Waals surface area contributed by atoms with Gasteiger partial charge in [-0.1, -0.05) is 23.7 Å². The van der Waals surface area contributed by atoms with Crippen LogP contribution in [-0.4, -0.2) is 42.0 Å². The number of hydrogen-bond donors (Lipinski definition) is 1. The summed E-state index contributed by atoms with van der Waals surface area (Å²) >= 11 is 5.90. The first-order valence-corrected chi connectivity index (χ1v) is 8.10. The SMILES string of the molecule is O=C(NCc1ccco1)N1CCN(Cc2ccc(Cl)cc2)CC1. The topological polar surface area (TPSA) is 48.7 Å². The third kappa shape index (κ3) is 4.50. The Morgan fingerprint density at radius 2 is 1.87 bits per heavy atom. The van der Waals surface area contributed by atoms with Crippen LogP contribution in [0, 0.1) is 0 Å². The highest BCUT2D eigenvalue weighted by Crippen LogP contribution is 2.13. The molecular weight excluding hydrogens is 314 g/mol. The number of carbonyl (C=O) groups is 1. The van der Waals surface area contributed by atoms with E-state index in [0.717, 1.165) is 43.5 Å². The van der Waals surface area contributed by atoms with Gasteiger partial charge in [-0.3, -0.25) is 4.90 Å². The van der Waals surface area contributed by atoms with Gasteiger partial charge in [0, 0.05) is 37.7 Å². The minimum Gasteiger partial charge on any atom is -0.467 e. The van der Waals surface area contributed by atoms with E-state index in [9.17, 15) is 4.79 Å². The van der Waals surface area contributed by atoms with Gasteiger partial charge >= 0.3 is 6.03 Å². The van der Waals surface area contributed by atoms with Crippen molar-refractivity contribution in [3.8, 4) is 0 Å². The second-order valence-corrected chi connectivity index (χ2v) is 6.06. The highest BCUT2D eigenvalue weighted by atomic mass is 35.5. The molecule has 3 rings (SSSR count). The molecule has 1 N–H and O–H groups in total. The number of amides is 2. The largest absolute Gasteiger partial charge is 0.467 e. The molecule has 0 unspecified atom stereocenters. The molecule has 0 radical (unpaired) electrons. The Balaban J connectivity index is 1.42. The third-order valence-corrected chi connectivity index (χ3v) is 4.22. The smallest absolute Gasteiger partial charge is 0.317 e. The summed E-state index contributed by atoms with van der Waals surface area (Å²) in [5.74, 6) is 0.764.